The molecule has 2 unspecified atom stereocenters. The van der Waals surface area contributed by atoms with Gasteiger partial charge in [0, 0.05) is 34.3 Å². The molecule has 1 N–H and O–H groups in total. The second kappa shape index (κ2) is 6.73. The van der Waals surface area contributed by atoms with Gasteiger partial charge in [0.2, 0.25) is 0 Å². The van der Waals surface area contributed by atoms with Crippen LogP contribution in [0.3, 0.4) is 0 Å². The van der Waals surface area contributed by atoms with Gasteiger partial charge in [-0.3, -0.25) is 4.79 Å². The third kappa shape index (κ3) is 3.83. The van der Waals surface area contributed by atoms with Crippen LogP contribution < -0.4 is 5.32 Å². The lowest BCUT2D eigenvalue weighted by Gasteiger charge is -2.36. The first-order valence-electron chi connectivity index (χ1n) is 5.87. The predicted molar refractivity (Wildman–Crippen MR) is 84.4 cm³/mol. The average molecular weight is 381 g/mol. The van der Waals surface area contributed by atoms with Crippen molar-refractivity contribution >= 4 is 40.9 Å². The van der Waals surface area contributed by atoms with Gasteiger partial charge in [0.05, 0.1) is 0 Å². The van der Waals surface area contributed by atoms with E-state index in [2.05, 4.69) is 41.8 Å². The van der Waals surface area contributed by atoms with E-state index in [0.29, 0.717) is 12.1 Å². The molecule has 1 fully saturated rings. The average Bonchev–Trinajstić information content (AvgIpc) is 2.26. The zero-order valence-corrected chi connectivity index (χ0v) is 13.5. The minimum atomic E-state index is 0. The Bertz CT molecular complexity index is 417. The highest BCUT2D eigenvalue weighted by molar-refractivity contribution is 14.1. The Morgan fingerprint density at radius 1 is 1.33 bits per heavy atom. The number of hydrogen-bond donors (Lipinski definition) is 1. The number of benzene rings is 1. The van der Waals surface area contributed by atoms with Crippen LogP contribution in [0.4, 0.5) is 0 Å². The van der Waals surface area contributed by atoms with Crippen molar-refractivity contribution < 1.29 is 4.79 Å². The van der Waals surface area contributed by atoms with E-state index in [-0.39, 0.29) is 18.3 Å². The molecule has 1 aromatic rings. The van der Waals surface area contributed by atoms with Crippen LogP contribution >= 0.6 is 35.0 Å². The van der Waals surface area contributed by atoms with Crippen molar-refractivity contribution in [3.63, 3.8) is 0 Å². The molecule has 18 heavy (non-hydrogen) atoms. The van der Waals surface area contributed by atoms with Crippen LogP contribution in [-0.4, -0.2) is 36.0 Å². The molecule has 0 saturated carbocycles. The molecule has 1 amide bonds. The lowest BCUT2D eigenvalue weighted by atomic mass is 10.1. The predicted octanol–water partition coefficient (Wildman–Crippen LogP) is 2.54. The normalized spacial score (nSPS) is 23.4. The van der Waals surface area contributed by atoms with Gasteiger partial charge in [0.15, 0.2) is 0 Å². The summed E-state index contributed by atoms with van der Waals surface area (Å²) in [5.41, 5.74) is 0.790. The maximum Gasteiger partial charge on any atom is 0.253 e. The molecule has 1 saturated heterocycles. The third-order valence-electron chi connectivity index (χ3n) is 2.92. The van der Waals surface area contributed by atoms with Gasteiger partial charge in [-0.15, -0.1) is 12.4 Å². The summed E-state index contributed by atoms with van der Waals surface area (Å²) in [5, 5.41) is 3.43. The first-order chi connectivity index (χ1) is 8.06. The van der Waals surface area contributed by atoms with Gasteiger partial charge in [-0.1, -0.05) is 6.07 Å². The fourth-order valence-electron chi connectivity index (χ4n) is 2.30. The van der Waals surface area contributed by atoms with Crippen molar-refractivity contribution in [2.24, 2.45) is 0 Å². The summed E-state index contributed by atoms with van der Waals surface area (Å²) in [7, 11) is 0. The summed E-state index contributed by atoms with van der Waals surface area (Å²) < 4.78 is 1.10. The van der Waals surface area contributed by atoms with Crippen LogP contribution in [-0.2, 0) is 0 Å². The van der Waals surface area contributed by atoms with Crippen LogP contribution in [0.15, 0.2) is 24.3 Å². The molecule has 0 radical (unpaired) electrons. The van der Waals surface area contributed by atoms with Crippen LogP contribution in [0.1, 0.15) is 24.2 Å². The molecule has 100 valence electrons. The Labute approximate surface area is 128 Å². The number of nitrogens with zero attached hydrogens (tertiary/aromatic N) is 1. The van der Waals surface area contributed by atoms with Gasteiger partial charge >= 0.3 is 0 Å². The second-order valence-electron chi connectivity index (χ2n) is 4.69. The lowest BCUT2D eigenvalue weighted by Crippen LogP contribution is -2.55. The minimum absolute atomic E-state index is 0. The molecule has 1 heterocycles. The zero-order valence-electron chi connectivity index (χ0n) is 10.5. The first-order valence-corrected chi connectivity index (χ1v) is 6.95. The fourth-order valence-corrected chi connectivity index (χ4v) is 2.84. The molecule has 0 aromatic heterocycles. The van der Waals surface area contributed by atoms with Crippen LogP contribution in [0, 0.1) is 3.57 Å². The molecular formula is C13H18ClIN2O. The smallest absolute Gasteiger partial charge is 0.253 e. The molecule has 1 aliphatic heterocycles. The van der Waals surface area contributed by atoms with E-state index >= 15 is 0 Å². The van der Waals surface area contributed by atoms with Gasteiger partial charge in [-0.2, -0.15) is 0 Å². The van der Waals surface area contributed by atoms with E-state index in [1.807, 2.05) is 29.2 Å². The van der Waals surface area contributed by atoms with Crippen LogP contribution in [0.25, 0.3) is 0 Å². The largest absolute Gasteiger partial charge is 0.336 e. The Hall–Kier alpha value is -0.330. The van der Waals surface area contributed by atoms with E-state index in [9.17, 15) is 4.79 Å². The van der Waals surface area contributed by atoms with Crippen LogP contribution in [0.2, 0.25) is 0 Å². The zero-order chi connectivity index (χ0) is 12.4. The quantitative estimate of drug-likeness (QED) is 0.760. The molecule has 5 heteroatoms. The Morgan fingerprint density at radius 2 is 1.94 bits per heavy atom. The van der Waals surface area contributed by atoms with Gasteiger partial charge in [-0.05, 0) is 54.6 Å². The lowest BCUT2D eigenvalue weighted by molar-refractivity contribution is 0.0673. The van der Waals surface area contributed by atoms with E-state index in [1.54, 1.807) is 0 Å². The molecule has 2 atom stereocenters. The number of rotatable bonds is 1. The van der Waals surface area contributed by atoms with E-state index in [4.69, 9.17) is 0 Å². The van der Waals surface area contributed by atoms with Crippen molar-refractivity contribution in [3.8, 4) is 0 Å². The Balaban J connectivity index is 0.00000162. The minimum Gasteiger partial charge on any atom is -0.336 e. The SMILES string of the molecule is CC1CN(C(=O)c2cccc(I)c2)CC(C)N1.Cl. The highest BCUT2D eigenvalue weighted by Crippen LogP contribution is 2.13. The third-order valence-corrected chi connectivity index (χ3v) is 3.59. The van der Waals surface area contributed by atoms with Gasteiger partial charge in [0.1, 0.15) is 0 Å². The summed E-state index contributed by atoms with van der Waals surface area (Å²) >= 11 is 2.23. The van der Waals surface area contributed by atoms with E-state index in [1.165, 1.54) is 0 Å². The van der Waals surface area contributed by atoms with Gasteiger partial charge < -0.3 is 10.2 Å². The maximum absolute atomic E-state index is 12.3. The van der Waals surface area contributed by atoms with Gasteiger partial charge in [0.25, 0.3) is 5.91 Å². The molecule has 0 spiro atoms. The van der Waals surface area contributed by atoms with Crippen molar-refractivity contribution in [1.82, 2.24) is 10.2 Å². The van der Waals surface area contributed by atoms with Crippen molar-refractivity contribution in [2.45, 2.75) is 25.9 Å². The van der Waals surface area contributed by atoms with E-state index in [0.717, 1.165) is 22.2 Å². The number of hydrogen-bond acceptors (Lipinski definition) is 2. The molecule has 1 aromatic carbocycles. The number of piperazine rings is 1. The molecular weight excluding hydrogens is 363 g/mol. The topological polar surface area (TPSA) is 32.3 Å². The standard InChI is InChI=1S/C13H17IN2O.ClH/c1-9-7-16(8-10(2)15-9)13(17)11-4-3-5-12(14)6-11;/h3-6,9-10,15H,7-8H2,1-2H3;1H. The molecule has 0 aliphatic carbocycles. The van der Waals surface area contributed by atoms with Gasteiger partial charge in [-0.25, -0.2) is 0 Å². The monoisotopic (exact) mass is 380 g/mol. The molecule has 2 rings (SSSR count). The summed E-state index contributed by atoms with van der Waals surface area (Å²) in [6.45, 7) is 5.80. The van der Waals surface area contributed by atoms with Crippen molar-refractivity contribution in [1.29, 1.82) is 0 Å². The highest BCUT2D eigenvalue weighted by atomic mass is 127. The summed E-state index contributed by atoms with van der Waals surface area (Å²) in [4.78, 5) is 14.3. The van der Waals surface area contributed by atoms with Crippen molar-refractivity contribution in [2.75, 3.05) is 13.1 Å². The Morgan fingerprint density at radius 3 is 2.50 bits per heavy atom. The Kier molecular flexibility index (Phi) is 5.88. The van der Waals surface area contributed by atoms with E-state index < -0.39 is 0 Å². The number of carbonyl (C=O) groups excluding carboxylic acids is 1. The first kappa shape index (κ1) is 15.7. The second-order valence-corrected chi connectivity index (χ2v) is 5.93. The molecule has 3 nitrogen and oxygen atoms in total. The fraction of sp³-hybridized carbons (Fsp3) is 0.462. The number of nitrogens with one attached hydrogen (secondary N) is 1. The highest BCUT2D eigenvalue weighted by Gasteiger charge is 2.25. The molecule has 0 bridgehead atoms. The summed E-state index contributed by atoms with van der Waals surface area (Å²) in [5.74, 6) is 0.142. The number of carbonyl (C=O) groups is 1. The summed E-state index contributed by atoms with van der Waals surface area (Å²) in [6.07, 6.45) is 0. The number of halogens is 2. The van der Waals surface area contributed by atoms with Crippen molar-refractivity contribution in [3.05, 3.63) is 33.4 Å². The summed E-state index contributed by atoms with van der Waals surface area (Å²) in [6, 6.07) is 8.50. The molecule has 1 aliphatic rings. The number of amides is 1. The van der Waals surface area contributed by atoms with Crippen LogP contribution in [0.5, 0.6) is 0 Å². The maximum atomic E-state index is 12.3.